The highest BCUT2D eigenvalue weighted by Gasteiger charge is 2.19. The number of aliphatic carboxylic acids is 1. The Morgan fingerprint density at radius 1 is 1.31 bits per heavy atom. The van der Waals surface area contributed by atoms with Crippen LogP contribution in [0.1, 0.15) is 51.9 Å². The molecule has 0 aromatic carbocycles. The molecule has 1 saturated heterocycles. The average Bonchev–Trinajstić information content (AvgIpc) is 2.28. The van der Waals surface area contributed by atoms with Crippen LogP contribution in [0.3, 0.4) is 0 Å². The SMILES string of the molecule is CCCCCN1CCC(CCC(=O)O)CC1. The third-order valence-corrected chi connectivity index (χ3v) is 3.55. The highest BCUT2D eigenvalue weighted by molar-refractivity contribution is 5.66. The summed E-state index contributed by atoms with van der Waals surface area (Å²) in [4.78, 5) is 13.0. The Hall–Kier alpha value is -0.570. The molecule has 0 aromatic rings. The maximum atomic E-state index is 10.5. The van der Waals surface area contributed by atoms with Gasteiger partial charge in [-0.15, -0.1) is 0 Å². The summed E-state index contributed by atoms with van der Waals surface area (Å²) in [5.41, 5.74) is 0. The highest BCUT2D eigenvalue weighted by atomic mass is 16.4. The number of hydrogen-bond donors (Lipinski definition) is 1. The van der Waals surface area contributed by atoms with Crippen LogP contribution in [0.5, 0.6) is 0 Å². The molecule has 16 heavy (non-hydrogen) atoms. The van der Waals surface area contributed by atoms with Crippen molar-refractivity contribution >= 4 is 5.97 Å². The van der Waals surface area contributed by atoms with Crippen molar-refractivity contribution in [1.29, 1.82) is 0 Å². The molecule has 0 atom stereocenters. The van der Waals surface area contributed by atoms with Gasteiger partial charge in [0.05, 0.1) is 0 Å². The van der Waals surface area contributed by atoms with Crippen molar-refractivity contribution in [3.05, 3.63) is 0 Å². The van der Waals surface area contributed by atoms with Gasteiger partial charge in [-0.3, -0.25) is 4.79 Å². The summed E-state index contributed by atoms with van der Waals surface area (Å²) in [6.45, 7) is 5.82. The molecule has 1 aliphatic heterocycles. The Bertz CT molecular complexity index is 198. The number of nitrogens with zero attached hydrogens (tertiary/aromatic N) is 1. The summed E-state index contributed by atoms with van der Waals surface area (Å²) >= 11 is 0. The zero-order valence-electron chi connectivity index (χ0n) is 10.5. The number of carboxylic acids is 1. The molecule has 94 valence electrons. The minimum Gasteiger partial charge on any atom is -0.481 e. The quantitative estimate of drug-likeness (QED) is 0.680. The molecule has 0 spiro atoms. The van der Waals surface area contributed by atoms with Gasteiger partial charge in [0.15, 0.2) is 0 Å². The summed E-state index contributed by atoms with van der Waals surface area (Å²) in [7, 11) is 0. The predicted molar refractivity (Wildman–Crippen MR) is 65.6 cm³/mol. The molecule has 0 amide bonds. The van der Waals surface area contributed by atoms with Gasteiger partial charge in [0.1, 0.15) is 0 Å². The first-order valence-corrected chi connectivity index (χ1v) is 6.66. The first-order valence-electron chi connectivity index (χ1n) is 6.66. The molecule has 0 aliphatic carbocycles. The molecule has 1 N–H and O–H groups in total. The molecule has 1 rings (SSSR count). The molecule has 0 bridgehead atoms. The third kappa shape index (κ3) is 5.50. The summed E-state index contributed by atoms with van der Waals surface area (Å²) in [6, 6.07) is 0. The van der Waals surface area contributed by atoms with E-state index in [1.165, 1.54) is 51.7 Å². The van der Waals surface area contributed by atoms with Crippen molar-refractivity contribution in [2.75, 3.05) is 19.6 Å². The molecule has 3 nitrogen and oxygen atoms in total. The molecule has 0 aromatic heterocycles. The Balaban J connectivity index is 2.06. The molecule has 1 fully saturated rings. The number of carbonyl (C=O) groups is 1. The minimum absolute atomic E-state index is 0.348. The Labute approximate surface area is 98.8 Å². The van der Waals surface area contributed by atoms with E-state index in [4.69, 9.17) is 5.11 Å². The van der Waals surface area contributed by atoms with Crippen LogP contribution in [0, 0.1) is 5.92 Å². The molecular weight excluding hydrogens is 202 g/mol. The van der Waals surface area contributed by atoms with Gasteiger partial charge in [-0.25, -0.2) is 0 Å². The lowest BCUT2D eigenvalue weighted by Crippen LogP contribution is -2.34. The van der Waals surface area contributed by atoms with Crippen molar-refractivity contribution in [3.63, 3.8) is 0 Å². The van der Waals surface area contributed by atoms with Crippen LogP contribution in [0.25, 0.3) is 0 Å². The number of hydrogen-bond acceptors (Lipinski definition) is 2. The Morgan fingerprint density at radius 3 is 2.56 bits per heavy atom. The molecule has 0 unspecified atom stereocenters. The zero-order valence-corrected chi connectivity index (χ0v) is 10.5. The van der Waals surface area contributed by atoms with Gasteiger partial charge in [-0.05, 0) is 51.2 Å². The monoisotopic (exact) mass is 227 g/mol. The van der Waals surface area contributed by atoms with Gasteiger partial charge in [0, 0.05) is 6.42 Å². The fraction of sp³-hybridized carbons (Fsp3) is 0.923. The van der Waals surface area contributed by atoms with E-state index < -0.39 is 5.97 Å². The lowest BCUT2D eigenvalue weighted by atomic mass is 9.92. The van der Waals surface area contributed by atoms with Crippen molar-refractivity contribution < 1.29 is 9.90 Å². The van der Waals surface area contributed by atoms with Gasteiger partial charge in [0.2, 0.25) is 0 Å². The number of likely N-dealkylation sites (tertiary alicyclic amines) is 1. The van der Waals surface area contributed by atoms with E-state index >= 15 is 0 Å². The summed E-state index contributed by atoms with van der Waals surface area (Å²) < 4.78 is 0. The van der Waals surface area contributed by atoms with Gasteiger partial charge in [-0.1, -0.05) is 19.8 Å². The third-order valence-electron chi connectivity index (χ3n) is 3.55. The topological polar surface area (TPSA) is 40.5 Å². The van der Waals surface area contributed by atoms with Gasteiger partial charge in [-0.2, -0.15) is 0 Å². The molecule has 1 heterocycles. The molecule has 3 heteroatoms. The van der Waals surface area contributed by atoms with Crippen molar-refractivity contribution in [2.45, 2.75) is 51.9 Å². The zero-order chi connectivity index (χ0) is 11.8. The van der Waals surface area contributed by atoms with E-state index in [1.807, 2.05) is 0 Å². The first kappa shape index (κ1) is 13.5. The Morgan fingerprint density at radius 2 is 2.00 bits per heavy atom. The van der Waals surface area contributed by atoms with Crippen molar-refractivity contribution in [2.24, 2.45) is 5.92 Å². The van der Waals surface area contributed by atoms with Crippen molar-refractivity contribution in [3.8, 4) is 0 Å². The van der Waals surface area contributed by atoms with Gasteiger partial charge in [0.25, 0.3) is 0 Å². The van der Waals surface area contributed by atoms with E-state index in [9.17, 15) is 4.79 Å². The molecule has 0 saturated carbocycles. The maximum Gasteiger partial charge on any atom is 0.303 e. The lowest BCUT2D eigenvalue weighted by molar-refractivity contribution is -0.137. The Kier molecular flexibility index (Phi) is 6.46. The number of unbranched alkanes of at least 4 members (excludes halogenated alkanes) is 2. The average molecular weight is 227 g/mol. The maximum absolute atomic E-state index is 10.5. The summed E-state index contributed by atoms with van der Waals surface area (Å²) in [5.74, 6) is 0.00361. The van der Waals surface area contributed by atoms with Crippen molar-refractivity contribution in [1.82, 2.24) is 4.90 Å². The van der Waals surface area contributed by atoms with Crippen LogP contribution in [0.15, 0.2) is 0 Å². The van der Waals surface area contributed by atoms with Gasteiger partial charge < -0.3 is 10.0 Å². The standard InChI is InChI=1S/C13H25NO2/c1-2-3-4-9-14-10-7-12(8-11-14)5-6-13(15)16/h12H,2-11H2,1H3,(H,15,16). The number of rotatable bonds is 7. The van der Waals surface area contributed by atoms with E-state index in [0.717, 1.165) is 6.42 Å². The van der Waals surface area contributed by atoms with E-state index in [1.54, 1.807) is 0 Å². The normalized spacial score (nSPS) is 18.8. The van der Waals surface area contributed by atoms with E-state index in [2.05, 4.69) is 11.8 Å². The fourth-order valence-corrected chi connectivity index (χ4v) is 2.41. The first-order chi connectivity index (χ1) is 7.72. The van der Waals surface area contributed by atoms with Crippen LogP contribution < -0.4 is 0 Å². The van der Waals surface area contributed by atoms with E-state index in [-0.39, 0.29) is 0 Å². The molecular formula is C13H25NO2. The van der Waals surface area contributed by atoms with Crippen LogP contribution in [-0.2, 0) is 4.79 Å². The van der Waals surface area contributed by atoms with Crippen LogP contribution >= 0.6 is 0 Å². The largest absolute Gasteiger partial charge is 0.481 e. The highest BCUT2D eigenvalue weighted by Crippen LogP contribution is 2.22. The van der Waals surface area contributed by atoms with Gasteiger partial charge >= 0.3 is 5.97 Å². The molecule has 1 aliphatic rings. The van der Waals surface area contributed by atoms with Crippen LogP contribution in [0.2, 0.25) is 0 Å². The number of piperidine rings is 1. The van der Waals surface area contributed by atoms with Crippen LogP contribution in [0.4, 0.5) is 0 Å². The minimum atomic E-state index is -0.648. The van der Waals surface area contributed by atoms with E-state index in [0.29, 0.717) is 12.3 Å². The predicted octanol–water partition coefficient (Wildman–Crippen LogP) is 2.75. The second-order valence-corrected chi connectivity index (χ2v) is 4.92. The number of carboxylic acid groups (broad SMARTS) is 1. The second kappa shape index (κ2) is 7.66. The second-order valence-electron chi connectivity index (χ2n) is 4.92. The fourth-order valence-electron chi connectivity index (χ4n) is 2.41. The smallest absolute Gasteiger partial charge is 0.303 e. The summed E-state index contributed by atoms with van der Waals surface area (Å²) in [5, 5.41) is 8.63. The lowest BCUT2D eigenvalue weighted by Gasteiger charge is -2.31. The summed E-state index contributed by atoms with van der Waals surface area (Å²) in [6.07, 6.45) is 7.54. The molecule has 0 radical (unpaired) electrons. The van der Waals surface area contributed by atoms with Crippen LogP contribution in [-0.4, -0.2) is 35.6 Å².